The Labute approximate surface area is 128 Å². The predicted molar refractivity (Wildman–Crippen MR) is 94.3 cm³/mol. The summed E-state index contributed by atoms with van der Waals surface area (Å²) in [5.41, 5.74) is 0. The first kappa shape index (κ1) is 21.6. The van der Waals surface area contributed by atoms with Crippen LogP contribution < -0.4 is 0 Å². The first-order chi connectivity index (χ1) is 8.68. The second-order valence-electron chi connectivity index (χ2n) is 7.67. The molecule has 0 atom stereocenters. The van der Waals surface area contributed by atoms with E-state index in [1.807, 2.05) is 6.08 Å². The molecule has 0 aromatic rings. The molecule has 0 spiro atoms. The third kappa shape index (κ3) is 20.7. The average Bonchev–Trinajstić information content (AvgIpc) is 2.13. The smallest absolute Gasteiger partial charge is 0.103 e. The Morgan fingerprint density at radius 1 is 0.684 bits per heavy atom. The molecule has 19 heavy (non-hydrogen) atoms. The summed E-state index contributed by atoms with van der Waals surface area (Å²) in [4.78, 5) is 0. The molecule has 0 aromatic heterocycles. The topological polar surface area (TPSA) is 0 Å². The molecule has 0 nitrogen and oxygen atoms in total. The van der Waals surface area contributed by atoms with Crippen molar-refractivity contribution in [3.05, 3.63) is 12.7 Å². The average molecular weight is 282 g/mol. The Morgan fingerprint density at radius 2 is 1.00 bits per heavy atom. The summed E-state index contributed by atoms with van der Waals surface area (Å²) in [6.45, 7) is 22.2. The number of allylic oxidation sites excluding steroid dienone is 1. The summed E-state index contributed by atoms with van der Waals surface area (Å²) in [6, 6.07) is 0. The van der Waals surface area contributed by atoms with Crippen molar-refractivity contribution in [3.63, 3.8) is 0 Å². The van der Waals surface area contributed by atoms with E-state index in [0.717, 1.165) is 30.1 Å². The van der Waals surface area contributed by atoms with Crippen LogP contribution in [-0.2, 0) is 0 Å². The third-order valence-electron chi connectivity index (χ3n) is 3.05. The molecule has 0 bridgehead atoms. The molecule has 0 saturated carbocycles. The van der Waals surface area contributed by atoms with Gasteiger partial charge in [0, 0.05) is 0 Å². The van der Waals surface area contributed by atoms with E-state index in [0.29, 0.717) is 0 Å². The lowest BCUT2D eigenvalue weighted by atomic mass is 10.1. The van der Waals surface area contributed by atoms with Gasteiger partial charge in [-0.1, -0.05) is 95.1 Å². The zero-order valence-corrected chi connectivity index (χ0v) is 16.2. The fourth-order valence-corrected chi connectivity index (χ4v) is 7.20. The second-order valence-corrected chi connectivity index (χ2v) is 10.8. The molecule has 1 heteroatoms. The summed E-state index contributed by atoms with van der Waals surface area (Å²) in [5, 5.41) is 4.66. The van der Waals surface area contributed by atoms with Crippen LogP contribution in [0.25, 0.3) is 0 Å². The van der Waals surface area contributed by atoms with Gasteiger partial charge in [-0.15, -0.1) is 6.58 Å². The van der Waals surface area contributed by atoms with Crippen molar-refractivity contribution in [1.82, 2.24) is 0 Å². The van der Waals surface area contributed by atoms with E-state index in [-0.39, 0.29) is 0 Å². The fourth-order valence-electron chi connectivity index (χ4n) is 2.62. The lowest BCUT2D eigenvalue weighted by Crippen LogP contribution is -2.19. The van der Waals surface area contributed by atoms with Crippen molar-refractivity contribution in [1.29, 1.82) is 0 Å². The second kappa shape index (κ2) is 13.3. The lowest BCUT2D eigenvalue weighted by Gasteiger charge is -2.17. The highest BCUT2D eigenvalue weighted by atomic mass is 27.2. The molecule has 0 unspecified atom stereocenters. The Balaban J connectivity index is 0. The molecule has 0 N–H and O–H groups in total. The maximum Gasteiger partial charge on any atom is 0.262 e. The Bertz CT molecular complexity index is 168. The molecular weight excluding hydrogens is 243 g/mol. The monoisotopic (exact) mass is 282 g/mol. The zero-order valence-electron chi connectivity index (χ0n) is 15.0. The standard InChI is InChI=1S/C6H12.3C4H9.Al/c1-4-5-6(2)3;3*1-4(2)3;/h4,6H,1,5H2,2-3H3;3*4H,1H2,2-3H3;. The summed E-state index contributed by atoms with van der Waals surface area (Å²) in [5.74, 6) is 3.56. The van der Waals surface area contributed by atoms with Gasteiger partial charge in [0.25, 0.3) is 14.1 Å². The normalized spacial score (nSPS) is 10.9. The van der Waals surface area contributed by atoms with Gasteiger partial charge in [-0.25, -0.2) is 0 Å². The van der Waals surface area contributed by atoms with Gasteiger partial charge in [0.15, 0.2) is 0 Å². The fraction of sp³-hybridized carbons (Fsp3) is 0.889. The van der Waals surface area contributed by atoms with E-state index < -0.39 is 14.1 Å². The number of hydrogen-bond donors (Lipinski definition) is 0. The van der Waals surface area contributed by atoms with Crippen molar-refractivity contribution in [2.45, 2.75) is 77.7 Å². The molecule has 0 aliphatic heterocycles. The molecule has 0 fully saturated rings. The van der Waals surface area contributed by atoms with Crippen molar-refractivity contribution in [2.75, 3.05) is 0 Å². The van der Waals surface area contributed by atoms with Crippen molar-refractivity contribution in [2.24, 2.45) is 23.7 Å². The summed E-state index contributed by atoms with van der Waals surface area (Å²) in [6.07, 6.45) is 3.09. The van der Waals surface area contributed by atoms with Crippen molar-refractivity contribution >= 4 is 14.1 Å². The molecule has 114 valence electrons. The first-order valence-corrected chi connectivity index (χ1v) is 10.7. The summed E-state index contributed by atoms with van der Waals surface area (Å²) < 4.78 is 0. The maximum atomic E-state index is 3.60. The van der Waals surface area contributed by atoms with Crippen LogP contribution in [0.3, 0.4) is 0 Å². The van der Waals surface area contributed by atoms with Gasteiger partial charge < -0.3 is 0 Å². The molecular formula is C18H39Al. The molecule has 0 amide bonds. The van der Waals surface area contributed by atoms with Crippen LogP contribution in [0.5, 0.6) is 0 Å². The Morgan fingerprint density at radius 3 is 1.11 bits per heavy atom. The van der Waals surface area contributed by atoms with Gasteiger partial charge >= 0.3 is 0 Å². The highest BCUT2D eigenvalue weighted by Gasteiger charge is 2.20. The van der Waals surface area contributed by atoms with E-state index in [1.165, 1.54) is 0 Å². The van der Waals surface area contributed by atoms with Crippen LogP contribution in [0.1, 0.15) is 61.8 Å². The van der Waals surface area contributed by atoms with Gasteiger partial charge in [0.1, 0.15) is 0 Å². The van der Waals surface area contributed by atoms with E-state index in [9.17, 15) is 0 Å². The highest BCUT2D eigenvalue weighted by molar-refractivity contribution is 6.58. The van der Waals surface area contributed by atoms with Gasteiger partial charge in [-0.3, -0.25) is 0 Å². The van der Waals surface area contributed by atoms with E-state index in [1.54, 1.807) is 15.8 Å². The van der Waals surface area contributed by atoms with Gasteiger partial charge in [0.05, 0.1) is 0 Å². The van der Waals surface area contributed by atoms with Crippen LogP contribution in [0.4, 0.5) is 0 Å². The van der Waals surface area contributed by atoms with Crippen LogP contribution in [0.15, 0.2) is 12.7 Å². The van der Waals surface area contributed by atoms with Gasteiger partial charge in [0.2, 0.25) is 0 Å². The van der Waals surface area contributed by atoms with Crippen molar-refractivity contribution < 1.29 is 0 Å². The summed E-state index contributed by atoms with van der Waals surface area (Å²) in [7, 11) is 0. The zero-order chi connectivity index (χ0) is 15.4. The van der Waals surface area contributed by atoms with E-state index in [2.05, 4.69) is 62.0 Å². The highest BCUT2D eigenvalue weighted by Crippen LogP contribution is 2.20. The molecule has 0 radical (unpaired) electrons. The molecule has 0 aliphatic carbocycles. The minimum atomic E-state index is -0.407. The van der Waals surface area contributed by atoms with E-state index in [4.69, 9.17) is 0 Å². The minimum absolute atomic E-state index is 0.407. The molecule has 0 saturated heterocycles. The van der Waals surface area contributed by atoms with Gasteiger partial charge in [-0.05, 0) is 12.3 Å². The van der Waals surface area contributed by atoms with Crippen LogP contribution in [0, 0.1) is 23.7 Å². The van der Waals surface area contributed by atoms with Gasteiger partial charge in [-0.2, -0.15) is 0 Å². The maximum absolute atomic E-state index is 3.60. The third-order valence-corrected chi connectivity index (χ3v) is 7.88. The lowest BCUT2D eigenvalue weighted by molar-refractivity contribution is 0.659. The Hall–Kier alpha value is 0.272. The summed E-state index contributed by atoms with van der Waals surface area (Å²) >= 11 is -0.407. The predicted octanol–water partition coefficient (Wildman–Crippen LogP) is 6.67. The quantitative estimate of drug-likeness (QED) is 0.344. The van der Waals surface area contributed by atoms with Crippen LogP contribution in [0.2, 0.25) is 15.8 Å². The van der Waals surface area contributed by atoms with Crippen LogP contribution >= 0.6 is 0 Å². The molecule has 0 aliphatic rings. The number of rotatable bonds is 8. The van der Waals surface area contributed by atoms with E-state index >= 15 is 0 Å². The minimum Gasteiger partial charge on any atom is -0.103 e. The Kier molecular flexibility index (Phi) is 15.1. The SMILES string of the molecule is C=CCC(C)C.CC(C)[CH2][Al]([CH2]C(C)C)[CH2]C(C)C. The van der Waals surface area contributed by atoms with Crippen LogP contribution in [-0.4, -0.2) is 14.1 Å². The number of hydrogen-bond acceptors (Lipinski definition) is 0. The molecule has 0 aromatic carbocycles. The van der Waals surface area contributed by atoms with Crippen molar-refractivity contribution in [3.8, 4) is 0 Å². The largest absolute Gasteiger partial charge is 0.262 e. The first-order valence-electron chi connectivity index (χ1n) is 8.29. The molecule has 0 rings (SSSR count). The molecule has 0 heterocycles.